The highest BCUT2D eigenvalue weighted by atomic mass is 19.1. The highest BCUT2D eigenvalue weighted by Crippen LogP contribution is 2.35. The summed E-state index contributed by atoms with van der Waals surface area (Å²) in [6.45, 7) is 4.56. The SMILES string of the molecule is CC(C)C(c1oc2cc(F)ccc2c(=O)c1Cc1ccccc1)N(CCCN)C(=O)c1onc2ccccc12. The summed E-state index contributed by atoms with van der Waals surface area (Å²) >= 11 is 0. The second kappa shape index (κ2) is 11.2. The lowest BCUT2D eigenvalue weighted by molar-refractivity contribution is 0.0548. The number of nitrogens with zero attached hydrogens (tertiary/aromatic N) is 2. The van der Waals surface area contributed by atoms with E-state index in [2.05, 4.69) is 5.16 Å². The summed E-state index contributed by atoms with van der Waals surface area (Å²) in [5.41, 5.74) is 7.64. The van der Waals surface area contributed by atoms with E-state index in [0.717, 1.165) is 5.56 Å². The Morgan fingerprint density at radius 1 is 1.03 bits per heavy atom. The van der Waals surface area contributed by atoms with Gasteiger partial charge in [0.05, 0.1) is 16.8 Å². The predicted octanol–water partition coefficient (Wildman–Crippen LogP) is 5.85. The summed E-state index contributed by atoms with van der Waals surface area (Å²) in [6.07, 6.45) is 0.806. The fourth-order valence-electron chi connectivity index (χ4n) is 5.04. The summed E-state index contributed by atoms with van der Waals surface area (Å²) in [5.74, 6) is -0.649. The maximum Gasteiger partial charge on any atom is 0.293 e. The van der Waals surface area contributed by atoms with E-state index in [1.54, 1.807) is 17.0 Å². The molecule has 5 rings (SSSR count). The summed E-state index contributed by atoms with van der Waals surface area (Å²) in [6, 6.07) is 20.0. The average molecular weight is 528 g/mol. The Balaban J connectivity index is 1.71. The van der Waals surface area contributed by atoms with Gasteiger partial charge in [0.15, 0.2) is 5.43 Å². The van der Waals surface area contributed by atoms with Crippen LogP contribution in [0.25, 0.3) is 21.9 Å². The third-order valence-corrected chi connectivity index (χ3v) is 6.88. The lowest BCUT2D eigenvalue weighted by atomic mass is 9.92. The molecule has 39 heavy (non-hydrogen) atoms. The molecule has 5 aromatic rings. The molecular formula is C31H30FN3O4. The zero-order valence-corrected chi connectivity index (χ0v) is 21.9. The van der Waals surface area contributed by atoms with Gasteiger partial charge in [0.2, 0.25) is 5.76 Å². The molecule has 0 radical (unpaired) electrons. The van der Waals surface area contributed by atoms with Gasteiger partial charge < -0.3 is 19.6 Å². The first kappa shape index (κ1) is 26.3. The van der Waals surface area contributed by atoms with Crippen LogP contribution in [0.15, 0.2) is 86.5 Å². The van der Waals surface area contributed by atoms with Crippen LogP contribution in [0.3, 0.4) is 0 Å². The van der Waals surface area contributed by atoms with Gasteiger partial charge >= 0.3 is 0 Å². The quantitative estimate of drug-likeness (QED) is 0.258. The van der Waals surface area contributed by atoms with Crippen molar-refractivity contribution in [3.8, 4) is 0 Å². The van der Waals surface area contributed by atoms with Crippen molar-refractivity contribution in [1.29, 1.82) is 0 Å². The molecule has 2 N–H and O–H groups in total. The van der Waals surface area contributed by atoms with Gasteiger partial charge in [0, 0.05) is 24.6 Å². The number of fused-ring (bicyclic) bond motifs is 2. The molecule has 1 unspecified atom stereocenters. The van der Waals surface area contributed by atoms with Gasteiger partial charge in [0.25, 0.3) is 5.91 Å². The number of hydrogen-bond acceptors (Lipinski definition) is 6. The molecule has 0 saturated heterocycles. The molecule has 1 atom stereocenters. The van der Waals surface area contributed by atoms with Crippen LogP contribution in [0.4, 0.5) is 4.39 Å². The Labute approximate surface area is 225 Å². The van der Waals surface area contributed by atoms with E-state index in [-0.39, 0.29) is 34.0 Å². The molecule has 0 aliphatic heterocycles. The van der Waals surface area contributed by atoms with Crippen LogP contribution in [0.1, 0.15) is 53.8 Å². The van der Waals surface area contributed by atoms with E-state index in [4.69, 9.17) is 14.7 Å². The van der Waals surface area contributed by atoms with Crippen molar-refractivity contribution in [1.82, 2.24) is 10.1 Å². The molecule has 0 aliphatic carbocycles. The van der Waals surface area contributed by atoms with Crippen molar-refractivity contribution < 1.29 is 18.1 Å². The van der Waals surface area contributed by atoms with E-state index < -0.39 is 11.9 Å². The van der Waals surface area contributed by atoms with E-state index in [9.17, 15) is 14.0 Å². The number of benzene rings is 3. The van der Waals surface area contributed by atoms with Gasteiger partial charge in [-0.1, -0.05) is 61.5 Å². The molecule has 200 valence electrons. The second-order valence-corrected chi connectivity index (χ2v) is 9.94. The summed E-state index contributed by atoms with van der Waals surface area (Å²) < 4.78 is 26.1. The van der Waals surface area contributed by atoms with E-state index in [0.29, 0.717) is 48.2 Å². The maximum atomic E-state index is 14.2. The van der Waals surface area contributed by atoms with Gasteiger partial charge in [-0.2, -0.15) is 0 Å². The summed E-state index contributed by atoms with van der Waals surface area (Å²) in [5, 5.41) is 4.93. The normalized spacial score (nSPS) is 12.3. The smallest absolute Gasteiger partial charge is 0.293 e. The van der Waals surface area contributed by atoms with Crippen molar-refractivity contribution >= 4 is 27.8 Å². The van der Waals surface area contributed by atoms with Gasteiger partial charge in [0.1, 0.15) is 22.7 Å². The minimum atomic E-state index is -0.660. The number of rotatable bonds is 9. The Hall–Kier alpha value is -4.30. The van der Waals surface area contributed by atoms with Gasteiger partial charge in [-0.05, 0) is 48.7 Å². The predicted molar refractivity (Wildman–Crippen MR) is 148 cm³/mol. The van der Waals surface area contributed by atoms with Gasteiger partial charge in [-0.15, -0.1) is 0 Å². The zero-order valence-electron chi connectivity index (χ0n) is 21.9. The molecule has 8 heteroatoms. The van der Waals surface area contributed by atoms with E-state index >= 15 is 0 Å². The highest BCUT2D eigenvalue weighted by Gasteiger charge is 2.35. The number of nitrogens with two attached hydrogens (primary N) is 1. The molecule has 0 saturated carbocycles. The van der Waals surface area contributed by atoms with Gasteiger partial charge in [-0.25, -0.2) is 4.39 Å². The minimum Gasteiger partial charge on any atom is -0.458 e. The first-order chi connectivity index (χ1) is 18.9. The molecule has 0 spiro atoms. The number of amides is 1. The maximum absolute atomic E-state index is 14.2. The lowest BCUT2D eigenvalue weighted by Gasteiger charge is -2.34. The standard InChI is InChI=1S/C31H30FN3O4/c1-19(2)27(35(16-8-15-33)31(37)30-22-11-6-7-12-25(22)34-39-30)29-24(17-20-9-4-3-5-10-20)28(36)23-14-13-21(32)18-26(23)38-29/h3-7,9-14,18-19,27H,8,15-17,33H2,1-2H3. The number of halogens is 1. The average Bonchev–Trinajstić information content (AvgIpc) is 3.37. The summed E-state index contributed by atoms with van der Waals surface area (Å²) in [7, 11) is 0. The molecule has 0 fully saturated rings. The third-order valence-electron chi connectivity index (χ3n) is 6.88. The number of hydrogen-bond donors (Lipinski definition) is 1. The fourth-order valence-corrected chi connectivity index (χ4v) is 5.04. The number of aromatic nitrogens is 1. The Morgan fingerprint density at radius 2 is 1.77 bits per heavy atom. The topological polar surface area (TPSA) is 103 Å². The fraction of sp³-hybridized carbons (Fsp3) is 0.258. The lowest BCUT2D eigenvalue weighted by Crippen LogP contribution is -2.40. The van der Waals surface area contributed by atoms with Crippen molar-refractivity contribution in [2.24, 2.45) is 11.7 Å². The molecule has 3 aromatic carbocycles. The zero-order chi connectivity index (χ0) is 27.5. The number of carbonyl (C=O) groups is 1. The first-order valence-electron chi connectivity index (χ1n) is 13.0. The molecule has 2 aromatic heterocycles. The van der Waals surface area contributed by atoms with Crippen molar-refractivity contribution in [3.63, 3.8) is 0 Å². The molecule has 7 nitrogen and oxygen atoms in total. The Kier molecular flexibility index (Phi) is 7.56. The first-order valence-corrected chi connectivity index (χ1v) is 13.0. The molecule has 2 heterocycles. The Morgan fingerprint density at radius 3 is 2.51 bits per heavy atom. The van der Waals surface area contributed by atoms with Crippen LogP contribution >= 0.6 is 0 Å². The minimum absolute atomic E-state index is 0.104. The van der Waals surface area contributed by atoms with Crippen LogP contribution in [0, 0.1) is 11.7 Å². The van der Waals surface area contributed by atoms with Crippen LogP contribution in [-0.4, -0.2) is 29.1 Å². The third kappa shape index (κ3) is 5.20. The van der Waals surface area contributed by atoms with Crippen molar-refractivity contribution in [2.45, 2.75) is 32.7 Å². The second-order valence-electron chi connectivity index (χ2n) is 9.94. The van der Waals surface area contributed by atoms with Crippen LogP contribution in [0.5, 0.6) is 0 Å². The van der Waals surface area contributed by atoms with E-state index in [1.165, 1.54) is 18.2 Å². The van der Waals surface area contributed by atoms with Crippen LogP contribution < -0.4 is 11.2 Å². The summed E-state index contributed by atoms with van der Waals surface area (Å²) in [4.78, 5) is 29.6. The molecule has 1 amide bonds. The highest BCUT2D eigenvalue weighted by molar-refractivity contribution is 6.03. The largest absolute Gasteiger partial charge is 0.458 e. The van der Waals surface area contributed by atoms with Crippen LogP contribution in [-0.2, 0) is 6.42 Å². The van der Waals surface area contributed by atoms with Crippen molar-refractivity contribution in [3.05, 3.63) is 111 Å². The Bertz CT molecular complexity index is 1680. The number of carbonyl (C=O) groups excluding carboxylic acids is 1. The van der Waals surface area contributed by atoms with E-state index in [1.807, 2.05) is 56.3 Å². The molecule has 0 bridgehead atoms. The van der Waals surface area contributed by atoms with Crippen LogP contribution in [0.2, 0.25) is 0 Å². The van der Waals surface area contributed by atoms with Gasteiger partial charge in [-0.3, -0.25) is 9.59 Å². The monoisotopic (exact) mass is 527 g/mol. The molecule has 0 aliphatic rings. The molecular weight excluding hydrogens is 497 g/mol. The van der Waals surface area contributed by atoms with Crippen molar-refractivity contribution in [2.75, 3.05) is 13.1 Å².